The fourth-order valence-electron chi connectivity index (χ4n) is 2.70. The number of amides is 1. The Labute approximate surface area is 137 Å². The quantitative estimate of drug-likeness (QED) is 0.797. The Bertz CT molecular complexity index is 613. The van der Waals surface area contributed by atoms with Crippen LogP contribution in [-0.4, -0.2) is 36.8 Å². The van der Waals surface area contributed by atoms with Gasteiger partial charge in [-0.1, -0.05) is 37.1 Å². The van der Waals surface area contributed by atoms with E-state index < -0.39 is 9.84 Å². The minimum Gasteiger partial charge on any atom is -0.334 e. The van der Waals surface area contributed by atoms with E-state index in [1.54, 1.807) is 17.0 Å². The van der Waals surface area contributed by atoms with Crippen molar-refractivity contribution in [1.29, 1.82) is 0 Å². The largest absolute Gasteiger partial charge is 0.334 e. The molecule has 0 bridgehead atoms. The van der Waals surface area contributed by atoms with Gasteiger partial charge >= 0.3 is 0 Å². The molecule has 0 aromatic heterocycles. The first-order chi connectivity index (χ1) is 10.4. The summed E-state index contributed by atoms with van der Waals surface area (Å²) in [6, 6.07) is 7.14. The van der Waals surface area contributed by atoms with E-state index in [4.69, 9.17) is 11.6 Å². The van der Waals surface area contributed by atoms with Crippen LogP contribution >= 0.6 is 11.6 Å². The first kappa shape index (κ1) is 17.3. The minimum absolute atomic E-state index is 0.0406. The van der Waals surface area contributed by atoms with Crippen molar-refractivity contribution >= 4 is 27.3 Å². The van der Waals surface area contributed by atoms with Gasteiger partial charge in [-0.15, -0.1) is 0 Å². The number of sulfone groups is 1. The Balaban J connectivity index is 2.14. The maximum atomic E-state index is 12.5. The van der Waals surface area contributed by atoms with Gasteiger partial charge in [-0.2, -0.15) is 0 Å². The molecule has 0 aliphatic carbocycles. The van der Waals surface area contributed by atoms with E-state index in [1.807, 2.05) is 19.1 Å². The molecule has 1 fully saturated rings. The Morgan fingerprint density at radius 3 is 2.55 bits per heavy atom. The fourth-order valence-corrected chi connectivity index (χ4v) is 4.56. The zero-order chi connectivity index (χ0) is 16.2. The molecule has 2 rings (SSSR count). The third-order valence-corrected chi connectivity index (χ3v) is 5.98. The monoisotopic (exact) mass is 343 g/mol. The van der Waals surface area contributed by atoms with E-state index in [-0.39, 0.29) is 23.5 Å². The third kappa shape index (κ3) is 4.71. The summed E-state index contributed by atoms with van der Waals surface area (Å²) in [6.45, 7) is 2.48. The molecule has 6 heteroatoms. The summed E-state index contributed by atoms with van der Waals surface area (Å²) >= 11 is 5.88. The van der Waals surface area contributed by atoms with Gasteiger partial charge in [0.05, 0.1) is 11.5 Å². The zero-order valence-corrected chi connectivity index (χ0v) is 14.4. The molecule has 1 saturated heterocycles. The van der Waals surface area contributed by atoms with Crippen LogP contribution in [0.2, 0.25) is 5.02 Å². The maximum Gasteiger partial charge on any atom is 0.223 e. The molecule has 0 spiro atoms. The van der Waals surface area contributed by atoms with Crippen LogP contribution < -0.4 is 0 Å². The second-order valence-electron chi connectivity index (χ2n) is 5.81. The van der Waals surface area contributed by atoms with Crippen molar-refractivity contribution in [2.24, 2.45) is 0 Å². The van der Waals surface area contributed by atoms with Crippen LogP contribution in [0.5, 0.6) is 0 Å². The lowest BCUT2D eigenvalue weighted by Gasteiger charge is -2.28. The average Bonchev–Trinajstić information content (AvgIpc) is 2.84. The molecule has 0 N–H and O–H groups in total. The average molecular weight is 344 g/mol. The summed E-state index contributed by atoms with van der Waals surface area (Å²) in [4.78, 5) is 14.2. The summed E-state index contributed by atoms with van der Waals surface area (Å²) < 4.78 is 23.4. The first-order valence-corrected chi connectivity index (χ1v) is 9.85. The van der Waals surface area contributed by atoms with Crippen LogP contribution in [0.4, 0.5) is 0 Å². The summed E-state index contributed by atoms with van der Waals surface area (Å²) in [5, 5.41) is 0.649. The summed E-state index contributed by atoms with van der Waals surface area (Å²) in [5.74, 6) is 0.299. The van der Waals surface area contributed by atoms with Gasteiger partial charge in [0.2, 0.25) is 5.91 Å². The number of hydrogen-bond acceptors (Lipinski definition) is 3. The molecule has 1 aromatic carbocycles. The van der Waals surface area contributed by atoms with E-state index in [0.29, 0.717) is 24.4 Å². The van der Waals surface area contributed by atoms with Gasteiger partial charge in [0.25, 0.3) is 0 Å². The highest BCUT2D eigenvalue weighted by Crippen LogP contribution is 2.22. The maximum absolute atomic E-state index is 12.5. The van der Waals surface area contributed by atoms with Gasteiger partial charge in [0.15, 0.2) is 9.84 Å². The smallest absolute Gasteiger partial charge is 0.223 e. The molecule has 1 atom stereocenters. The molecule has 22 heavy (non-hydrogen) atoms. The van der Waals surface area contributed by atoms with Gasteiger partial charge < -0.3 is 4.90 Å². The molecule has 1 aliphatic heterocycles. The van der Waals surface area contributed by atoms with E-state index in [0.717, 1.165) is 18.4 Å². The second-order valence-corrected chi connectivity index (χ2v) is 8.47. The first-order valence-electron chi connectivity index (χ1n) is 7.65. The molecule has 1 unspecified atom stereocenters. The van der Waals surface area contributed by atoms with Crippen molar-refractivity contribution in [3.8, 4) is 0 Å². The SMILES string of the molecule is CCCCC(=O)N(Cc1ccc(Cl)cc1)C1CCS(=O)(=O)C1. The second kappa shape index (κ2) is 7.47. The fraction of sp³-hybridized carbons (Fsp3) is 0.562. The molecular weight excluding hydrogens is 322 g/mol. The number of benzene rings is 1. The summed E-state index contributed by atoms with van der Waals surface area (Å²) in [6.07, 6.45) is 2.79. The van der Waals surface area contributed by atoms with Gasteiger partial charge in [0, 0.05) is 24.0 Å². The van der Waals surface area contributed by atoms with Crippen LogP contribution in [0.1, 0.15) is 38.2 Å². The minimum atomic E-state index is -3.01. The number of carbonyl (C=O) groups is 1. The molecule has 0 saturated carbocycles. The predicted molar refractivity (Wildman–Crippen MR) is 88.6 cm³/mol. The lowest BCUT2D eigenvalue weighted by atomic mass is 10.1. The van der Waals surface area contributed by atoms with Crippen molar-refractivity contribution in [2.75, 3.05) is 11.5 Å². The Morgan fingerprint density at radius 1 is 1.32 bits per heavy atom. The zero-order valence-electron chi connectivity index (χ0n) is 12.8. The Morgan fingerprint density at radius 2 is 2.00 bits per heavy atom. The summed E-state index contributed by atoms with van der Waals surface area (Å²) in [7, 11) is -3.01. The van der Waals surface area contributed by atoms with Crippen molar-refractivity contribution in [3.63, 3.8) is 0 Å². The van der Waals surface area contributed by atoms with Crippen LogP contribution in [-0.2, 0) is 21.2 Å². The lowest BCUT2D eigenvalue weighted by molar-refractivity contribution is -0.133. The van der Waals surface area contributed by atoms with Crippen LogP contribution in [0, 0.1) is 0 Å². The van der Waals surface area contributed by atoms with Gasteiger partial charge in [-0.05, 0) is 30.5 Å². The van der Waals surface area contributed by atoms with Crippen LogP contribution in [0.25, 0.3) is 0 Å². The number of nitrogens with zero attached hydrogens (tertiary/aromatic N) is 1. The molecule has 4 nitrogen and oxygen atoms in total. The lowest BCUT2D eigenvalue weighted by Crippen LogP contribution is -2.40. The molecule has 0 radical (unpaired) electrons. The normalized spacial score (nSPS) is 20.0. The van der Waals surface area contributed by atoms with Gasteiger partial charge in [0.1, 0.15) is 0 Å². The number of halogens is 1. The van der Waals surface area contributed by atoms with Crippen LogP contribution in [0.3, 0.4) is 0 Å². The highest BCUT2D eigenvalue weighted by molar-refractivity contribution is 7.91. The number of unbranched alkanes of at least 4 members (excludes halogenated alkanes) is 1. The van der Waals surface area contributed by atoms with Crippen molar-refractivity contribution < 1.29 is 13.2 Å². The standard InChI is InChI=1S/C16H22ClNO3S/c1-2-3-4-16(19)18(15-9-10-22(20,21)12-15)11-13-5-7-14(17)8-6-13/h5-8,15H,2-4,9-12H2,1H3. The highest BCUT2D eigenvalue weighted by atomic mass is 35.5. The molecule has 122 valence electrons. The van der Waals surface area contributed by atoms with E-state index in [1.165, 1.54) is 0 Å². The molecule has 1 aromatic rings. The third-order valence-electron chi connectivity index (χ3n) is 3.98. The predicted octanol–water partition coefficient (Wildman–Crippen LogP) is 3.05. The molecule has 1 amide bonds. The molecular formula is C16H22ClNO3S. The summed E-state index contributed by atoms with van der Waals surface area (Å²) in [5.41, 5.74) is 0.971. The van der Waals surface area contributed by atoms with Gasteiger partial charge in [-0.25, -0.2) is 8.42 Å². The number of hydrogen-bond donors (Lipinski definition) is 0. The Hall–Kier alpha value is -1.07. The van der Waals surface area contributed by atoms with Crippen LogP contribution in [0.15, 0.2) is 24.3 Å². The van der Waals surface area contributed by atoms with E-state index >= 15 is 0 Å². The van der Waals surface area contributed by atoms with Gasteiger partial charge in [-0.3, -0.25) is 4.79 Å². The van der Waals surface area contributed by atoms with Crippen molar-refractivity contribution in [2.45, 2.75) is 45.2 Å². The topological polar surface area (TPSA) is 54.5 Å². The van der Waals surface area contributed by atoms with E-state index in [9.17, 15) is 13.2 Å². The molecule has 1 heterocycles. The Kier molecular flexibility index (Phi) is 5.87. The van der Waals surface area contributed by atoms with Crippen molar-refractivity contribution in [3.05, 3.63) is 34.9 Å². The number of rotatable bonds is 6. The van der Waals surface area contributed by atoms with E-state index in [2.05, 4.69) is 0 Å². The number of carbonyl (C=O) groups excluding carboxylic acids is 1. The highest BCUT2D eigenvalue weighted by Gasteiger charge is 2.34. The van der Waals surface area contributed by atoms with Crippen molar-refractivity contribution in [1.82, 2.24) is 4.90 Å². The molecule has 1 aliphatic rings.